The minimum absolute atomic E-state index is 0.00706. The largest absolute Gasteiger partial charge is 0.338 e. The number of nitrogens with zero attached hydrogens (tertiary/aromatic N) is 3. The number of carbonyl (C=O) groups excluding carboxylic acids is 3. The number of hydrogen-bond acceptors (Lipinski definition) is 4. The van der Waals surface area contributed by atoms with Gasteiger partial charge in [0.2, 0.25) is 0 Å². The normalized spacial score (nSPS) is 21.5. The van der Waals surface area contributed by atoms with Crippen LogP contribution < -0.4 is 0 Å². The Kier molecular flexibility index (Phi) is 3.24. The maximum Gasteiger partial charge on any atom is 0.327 e. The molecule has 7 heteroatoms. The number of imide groups is 1. The van der Waals surface area contributed by atoms with Crippen LogP contribution >= 0.6 is 11.3 Å². The molecule has 2 aliphatic heterocycles. The van der Waals surface area contributed by atoms with Gasteiger partial charge in [-0.3, -0.25) is 14.5 Å². The van der Waals surface area contributed by atoms with Crippen LogP contribution in [0.4, 0.5) is 4.79 Å². The molecule has 6 nitrogen and oxygen atoms in total. The van der Waals surface area contributed by atoms with Crippen molar-refractivity contribution in [3.8, 4) is 0 Å². The van der Waals surface area contributed by atoms with Crippen molar-refractivity contribution in [2.75, 3.05) is 27.2 Å². The number of piperidine rings is 1. The van der Waals surface area contributed by atoms with Gasteiger partial charge in [0, 0.05) is 27.2 Å². The summed E-state index contributed by atoms with van der Waals surface area (Å²) in [6, 6.07) is 3.39. The molecule has 0 aliphatic carbocycles. The third kappa shape index (κ3) is 1.95. The molecule has 3 heterocycles. The van der Waals surface area contributed by atoms with Crippen molar-refractivity contribution in [2.45, 2.75) is 18.4 Å². The summed E-state index contributed by atoms with van der Waals surface area (Å²) in [6.45, 7) is 0.988. The van der Waals surface area contributed by atoms with Crippen molar-refractivity contribution in [3.63, 3.8) is 0 Å². The SMILES string of the molecule is CN1C(=O)N(C)C2(CCN(C(=O)c3cccs3)CC2)C1=O. The fourth-order valence-corrected chi connectivity index (χ4v) is 3.83. The fourth-order valence-electron chi connectivity index (χ4n) is 3.14. The zero-order valence-electron chi connectivity index (χ0n) is 12.0. The van der Waals surface area contributed by atoms with Crippen molar-refractivity contribution in [3.05, 3.63) is 22.4 Å². The van der Waals surface area contributed by atoms with Crippen LogP contribution in [-0.4, -0.2) is 65.3 Å². The Bertz CT molecular complexity index is 591. The van der Waals surface area contributed by atoms with Crippen LogP contribution in [0.3, 0.4) is 0 Å². The first-order valence-electron chi connectivity index (χ1n) is 6.86. The molecule has 0 unspecified atom stereocenters. The van der Waals surface area contributed by atoms with E-state index in [1.807, 2.05) is 17.5 Å². The topological polar surface area (TPSA) is 60.9 Å². The lowest BCUT2D eigenvalue weighted by molar-refractivity contribution is -0.134. The molecule has 0 aromatic carbocycles. The predicted octanol–water partition coefficient (Wildman–Crippen LogP) is 1.25. The van der Waals surface area contributed by atoms with E-state index in [2.05, 4.69) is 0 Å². The maximum atomic E-state index is 12.4. The van der Waals surface area contributed by atoms with Gasteiger partial charge in [-0.25, -0.2) is 4.79 Å². The highest BCUT2D eigenvalue weighted by Crippen LogP contribution is 2.35. The van der Waals surface area contributed by atoms with Gasteiger partial charge in [-0.05, 0) is 24.3 Å². The molecule has 112 valence electrons. The Morgan fingerprint density at radius 1 is 1.24 bits per heavy atom. The maximum absolute atomic E-state index is 12.4. The Morgan fingerprint density at radius 2 is 1.90 bits per heavy atom. The number of carbonyl (C=O) groups is 3. The van der Waals surface area contributed by atoms with Gasteiger partial charge in [0.1, 0.15) is 5.54 Å². The number of amides is 4. The van der Waals surface area contributed by atoms with E-state index < -0.39 is 5.54 Å². The van der Waals surface area contributed by atoms with Crippen LogP contribution in [0.2, 0.25) is 0 Å². The molecule has 4 amide bonds. The Hall–Kier alpha value is -1.89. The van der Waals surface area contributed by atoms with E-state index >= 15 is 0 Å². The summed E-state index contributed by atoms with van der Waals surface area (Å²) in [5.41, 5.74) is -0.766. The third-order valence-corrected chi connectivity index (χ3v) is 5.39. The van der Waals surface area contributed by atoms with Gasteiger partial charge in [-0.1, -0.05) is 6.07 Å². The molecule has 0 bridgehead atoms. The summed E-state index contributed by atoms with van der Waals surface area (Å²) in [5, 5.41) is 1.88. The summed E-state index contributed by atoms with van der Waals surface area (Å²) < 4.78 is 0. The standard InChI is InChI=1S/C14H17N3O3S/c1-15-12(19)14(16(2)13(15)20)5-7-17(8-6-14)11(18)10-4-3-9-21-10/h3-4,9H,5-8H2,1-2H3. The molecule has 3 rings (SSSR count). The average Bonchev–Trinajstić information content (AvgIpc) is 3.09. The summed E-state index contributed by atoms with van der Waals surface area (Å²) in [5.74, 6) is -0.147. The zero-order chi connectivity index (χ0) is 15.2. The molecular weight excluding hydrogens is 290 g/mol. The van der Waals surface area contributed by atoms with Gasteiger partial charge in [0.25, 0.3) is 11.8 Å². The quantitative estimate of drug-likeness (QED) is 0.734. The van der Waals surface area contributed by atoms with Crippen LogP contribution in [0.25, 0.3) is 0 Å². The molecule has 0 saturated carbocycles. The van der Waals surface area contributed by atoms with Gasteiger partial charge in [-0.15, -0.1) is 11.3 Å². The van der Waals surface area contributed by atoms with Crippen LogP contribution in [0.1, 0.15) is 22.5 Å². The van der Waals surface area contributed by atoms with Crippen molar-refractivity contribution in [1.29, 1.82) is 0 Å². The number of rotatable bonds is 1. The molecule has 0 N–H and O–H groups in total. The number of likely N-dealkylation sites (N-methyl/N-ethyl adjacent to an activating group) is 2. The third-order valence-electron chi connectivity index (χ3n) is 4.53. The number of thiophene rings is 1. The molecule has 1 aromatic rings. The highest BCUT2D eigenvalue weighted by Gasteiger charge is 2.55. The van der Waals surface area contributed by atoms with Crippen LogP contribution in [0.15, 0.2) is 17.5 Å². The van der Waals surface area contributed by atoms with E-state index in [1.165, 1.54) is 28.2 Å². The fraction of sp³-hybridized carbons (Fsp3) is 0.500. The summed E-state index contributed by atoms with van der Waals surface area (Å²) >= 11 is 1.42. The number of hydrogen-bond donors (Lipinski definition) is 0. The van der Waals surface area contributed by atoms with Crippen molar-refractivity contribution in [2.24, 2.45) is 0 Å². The number of likely N-dealkylation sites (tertiary alicyclic amines) is 1. The van der Waals surface area contributed by atoms with Crippen molar-refractivity contribution in [1.82, 2.24) is 14.7 Å². The Morgan fingerprint density at radius 3 is 2.38 bits per heavy atom. The lowest BCUT2D eigenvalue weighted by Crippen LogP contribution is -2.56. The molecule has 21 heavy (non-hydrogen) atoms. The van der Waals surface area contributed by atoms with Gasteiger partial charge >= 0.3 is 6.03 Å². The highest BCUT2D eigenvalue weighted by atomic mass is 32.1. The molecule has 2 saturated heterocycles. The van der Waals surface area contributed by atoms with Gasteiger partial charge in [0.15, 0.2) is 0 Å². The highest BCUT2D eigenvalue weighted by molar-refractivity contribution is 7.12. The Balaban J connectivity index is 1.75. The van der Waals surface area contributed by atoms with Crippen molar-refractivity contribution >= 4 is 29.2 Å². The van der Waals surface area contributed by atoms with Gasteiger partial charge in [0.05, 0.1) is 4.88 Å². The van der Waals surface area contributed by atoms with E-state index in [-0.39, 0.29) is 17.8 Å². The Labute approximate surface area is 126 Å². The zero-order valence-corrected chi connectivity index (χ0v) is 12.9. The van der Waals surface area contributed by atoms with E-state index in [4.69, 9.17) is 0 Å². The second kappa shape index (κ2) is 4.84. The monoisotopic (exact) mass is 307 g/mol. The first kappa shape index (κ1) is 14.1. The van der Waals surface area contributed by atoms with E-state index in [9.17, 15) is 14.4 Å². The smallest absolute Gasteiger partial charge is 0.327 e. The first-order chi connectivity index (χ1) is 9.97. The minimum Gasteiger partial charge on any atom is -0.338 e. The molecule has 0 radical (unpaired) electrons. The molecule has 2 aliphatic rings. The predicted molar refractivity (Wildman–Crippen MR) is 78.1 cm³/mol. The number of urea groups is 1. The summed E-state index contributed by atoms with van der Waals surface area (Å²) in [7, 11) is 3.18. The second-order valence-corrected chi connectivity index (χ2v) is 6.45. The molecule has 1 spiro atoms. The second-order valence-electron chi connectivity index (χ2n) is 5.51. The lowest BCUT2D eigenvalue weighted by atomic mass is 9.86. The molecular formula is C14H17N3O3S. The summed E-state index contributed by atoms with van der Waals surface area (Å²) in [4.78, 5) is 41.8. The van der Waals surface area contributed by atoms with Crippen LogP contribution in [0, 0.1) is 0 Å². The van der Waals surface area contributed by atoms with Crippen LogP contribution in [0.5, 0.6) is 0 Å². The lowest BCUT2D eigenvalue weighted by Gasteiger charge is -2.40. The first-order valence-corrected chi connectivity index (χ1v) is 7.74. The van der Waals surface area contributed by atoms with Crippen LogP contribution in [-0.2, 0) is 4.79 Å². The van der Waals surface area contributed by atoms with Gasteiger partial charge < -0.3 is 9.80 Å². The molecule has 2 fully saturated rings. The van der Waals surface area contributed by atoms with E-state index in [1.54, 1.807) is 11.9 Å². The van der Waals surface area contributed by atoms with Gasteiger partial charge in [-0.2, -0.15) is 0 Å². The van der Waals surface area contributed by atoms with E-state index in [0.717, 1.165) is 0 Å². The molecule has 1 aromatic heterocycles. The van der Waals surface area contributed by atoms with E-state index in [0.29, 0.717) is 30.8 Å². The average molecular weight is 307 g/mol. The minimum atomic E-state index is -0.766. The van der Waals surface area contributed by atoms with Crippen molar-refractivity contribution < 1.29 is 14.4 Å². The summed E-state index contributed by atoms with van der Waals surface area (Å²) in [6.07, 6.45) is 0.991. The molecule has 0 atom stereocenters.